The molecule has 0 amide bonds. The van der Waals surface area contributed by atoms with E-state index in [9.17, 15) is 15.0 Å². The number of ether oxygens (including phenoxy) is 2. The molecule has 0 fully saturated rings. The van der Waals surface area contributed by atoms with E-state index in [2.05, 4.69) is 19.7 Å². The van der Waals surface area contributed by atoms with Gasteiger partial charge in [0, 0.05) is 0 Å². The molecule has 1 aromatic heterocycles. The maximum Gasteiger partial charge on any atom is 0.377 e. The summed E-state index contributed by atoms with van der Waals surface area (Å²) in [6, 6.07) is 0. The van der Waals surface area contributed by atoms with Gasteiger partial charge in [-0.25, -0.2) is 14.8 Å². The summed E-state index contributed by atoms with van der Waals surface area (Å²) < 4.78 is 9.66. The number of carbonyl (C=O) groups is 1. The molecule has 11 heteroatoms. The van der Waals surface area contributed by atoms with Crippen molar-refractivity contribution in [3.8, 4) is 0 Å². The van der Waals surface area contributed by atoms with Crippen molar-refractivity contribution in [2.45, 2.75) is 18.8 Å². The largest absolute Gasteiger partial charge is 0.505 e. The van der Waals surface area contributed by atoms with Gasteiger partial charge in [0.05, 0.1) is 6.61 Å². The molecule has 1 aromatic rings. The molecule has 0 saturated heterocycles. The van der Waals surface area contributed by atoms with Gasteiger partial charge in [-0.15, -0.1) is 0 Å². The number of aliphatic hydroxyl groups excluding tert-OH is 3. The molecule has 3 N–H and O–H groups in total. The Bertz CT molecular complexity index is 576. The first-order valence-corrected chi connectivity index (χ1v) is 6.29. The third-order valence-electron chi connectivity index (χ3n) is 2.44. The number of halogens is 2. The van der Waals surface area contributed by atoms with Gasteiger partial charge in [-0.05, 0) is 23.2 Å². The summed E-state index contributed by atoms with van der Waals surface area (Å²) >= 11 is 11.1. The molecule has 9 nitrogen and oxygen atoms in total. The van der Waals surface area contributed by atoms with Crippen LogP contribution in [-0.4, -0.2) is 55.1 Å². The van der Waals surface area contributed by atoms with Crippen LogP contribution in [0, 0.1) is 0 Å². The Hall–Kier alpha value is -1.68. The van der Waals surface area contributed by atoms with Crippen LogP contribution in [0.5, 0.6) is 0 Å². The van der Waals surface area contributed by atoms with Crippen LogP contribution >= 0.6 is 23.2 Å². The van der Waals surface area contributed by atoms with Crippen LogP contribution in [-0.2, 0) is 20.9 Å². The number of hydrogen-bond acceptors (Lipinski definition) is 9. The Balaban J connectivity index is 1.88. The van der Waals surface area contributed by atoms with Crippen LogP contribution in [0.3, 0.4) is 0 Å². The molecule has 0 saturated carbocycles. The second kappa shape index (κ2) is 6.39. The normalized spacial score (nSPS) is 19.8. The van der Waals surface area contributed by atoms with Crippen molar-refractivity contribution in [2.75, 3.05) is 6.61 Å². The molecule has 1 aliphatic heterocycles. The molecule has 2 heterocycles. The molecule has 0 aliphatic carbocycles. The Kier molecular flexibility index (Phi) is 4.78. The Morgan fingerprint density at radius 3 is 2.38 bits per heavy atom. The van der Waals surface area contributed by atoms with Gasteiger partial charge in [0.15, 0.2) is 17.7 Å². The highest BCUT2D eigenvalue weighted by molar-refractivity contribution is 6.30. The van der Waals surface area contributed by atoms with Gasteiger partial charge in [0.1, 0.15) is 12.7 Å². The number of hydrogen-bond donors (Lipinski definition) is 3. The van der Waals surface area contributed by atoms with Gasteiger partial charge in [-0.2, -0.15) is 4.98 Å². The Morgan fingerprint density at radius 2 is 1.86 bits per heavy atom. The minimum absolute atomic E-state index is 0.107. The van der Waals surface area contributed by atoms with Crippen molar-refractivity contribution in [3.05, 3.63) is 27.9 Å². The summed E-state index contributed by atoms with van der Waals surface area (Å²) in [6.07, 6.45) is -2.77. The summed E-state index contributed by atoms with van der Waals surface area (Å²) in [7, 11) is 0. The van der Waals surface area contributed by atoms with Crippen molar-refractivity contribution in [1.29, 1.82) is 0 Å². The zero-order chi connectivity index (χ0) is 15.6. The molecule has 114 valence electrons. The quantitative estimate of drug-likeness (QED) is 0.648. The van der Waals surface area contributed by atoms with Crippen LogP contribution in [0.4, 0.5) is 0 Å². The molecule has 2 atom stereocenters. The lowest BCUT2D eigenvalue weighted by molar-refractivity contribution is -0.148. The third kappa shape index (κ3) is 3.70. The average molecular weight is 338 g/mol. The monoisotopic (exact) mass is 337 g/mol. The van der Waals surface area contributed by atoms with Crippen LogP contribution < -0.4 is 0 Å². The number of aliphatic hydroxyl groups is 3. The fraction of sp³-hybridized carbons (Fsp3) is 0.400. The number of nitrogens with zero attached hydrogens (tertiary/aromatic N) is 3. The predicted molar refractivity (Wildman–Crippen MR) is 67.7 cm³/mol. The minimum Gasteiger partial charge on any atom is -0.505 e. The van der Waals surface area contributed by atoms with E-state index in [1.54, 1.807) is 0 Å². The average Bonchev–Trinajstić information content (AvgIpc) is 2.65. The summed E-state index contributed by atoms with van der Waals surface area (Å²) in [5.41, 5.74) is 0. The highest BCUT2D eigenvalue weighted by Gasteiger charge is 2.39. The van der Waals surface area contributed by atoms with Crippen molar-refractivity contribution in [2.24, 2.45) is 0 Å². The van der Waals surface area contributed by atoms with Gasteiger partial charge in [-0.1, -0.05) is 0 Å². The second-order valence-corrected chi connectivity index (χ2v) is 4.61. The summed E-state index contributed by atoms with van der Waals surface area (Å²) in [5, 5.41) is 28.0. The number of carbonyl (C=O) groups excluding carboxylic acids is 1. The lowest BCUT2D eigenvalue weighted by Crippen LogP contribution is -2.32. The minimum atomic E-state index is -1.39. The van der Waals surface area contributed by atoms with Crippen molar-refractivity contribution < 1.29 is 29.6 Å². The van der Waals surface area contributed by atoms with Gasteiger partial charge in [0.25, 0.3) is 0 Å². The van der Waals surface area contributed by atoms with Gasteiger partial charge >= 0.3 is 5.97 Å². The summed E-state index contributed by atoms with van der Waals surface area (Å²) in [6.45, 7) is -0.466. The highest BCUT2D eigenvalue weighted by atomic mass is 35.5. The van der Waals surface area contributed by atoms with E-state index in [0.29, 0.717) is 0 Å². The predicted octanol–water partition coefficient (Wildman–Crippen LogP) is 0.309. The number of cyclic esters (lactones) is 1. The lowest BCUT2D eigenvalue weighted by Gasteiger charge is -2.16. The maximum atomic E-state index is 11.0. The topological polar surface area (TPSA) is 135 Å². The van der Waals surface area contributed by atoms with E-state index in [-0.39, 0.29) is 29.6 Å². The van der Waals surface area contributed by atoms with E-state index < -0.39 is 29.7 Å². The van der Waals surface area contributed by atoms with Crippen molar-refractivity contribution in [3.63, 3.8) is 0 Å². The van der Waals surface area contributed by atoms with Gasteiger partial charge in [0.2, 0.25) is 16.3 Å². The molecule has 0 spiro atoms. The molecule has 0 radical (unpaired) electrons. The maximum absolute atomic E-state index is 11.0. The fourth-order valence-corrected chi connectivity index (χ4v) is 1.91. The molecule has 2 rings (SSSR count). The lowest BCUT2D eigenvalue weighted by atomic mass is 10.2. The fourth-order valence-electron chi connectivity index (χ4n) is 1.51. The van der Waals surface area contributed by atoms with Crippen LogP contribution in [0.1, 0.15) is 5.82 Å². The van der Waals surface area contributed by atoms with Crippen molar-refractivity contribution >= 4 is 29.2 Å². The van der Waals surface area contributed by atoms with Crippen molar-refractivity contribution in [1.82, 2.24) is 15.0 Å². The molecule has 21 heavy (non-hydrogen) atoms. The molecule has 0 aromatic carbocycles. The molecule has 1 aliphatic rings. The van der Waals surface area contributed by atoms with Crippen LogP contribution in [0.15, 0.2) is 11.5 Å². The van der Waals surface area contributed by atoms with E-state index in [4.69, 9.17) is 33.0 Å². The standard InChI is InChI=1S/C10H9Cl2N3O6/c11-9-13-4(14-10(12)15-9)2-20-1-3(16)7-5(17)6(18)8(19)21-7/h3,7,16-18H,1-2H2. The zero-order valence-electron chi connectivity index (χ0n) is 10.2. The molecule has 2 unspecified atom stereocenters. The van der Waals surface area contributed by atoms with E-state index in [0.717, 1.165) is 0 Å². The van der Waals surface area contributed by atoms with Crippen LogP contribution in [0.2, 0.25) is 10.6 Å². The van der Waals surface area contributed by atoms with Gasteiger partial charge in [-0.3, -0.25) is 0 Å². The number of esters is 1. The summed E-state index contributed by atoms with van der Waals surface area (Å²) in [5.74, 6) is -2.66. The number of rotatable bonds is 5. The Labute approximate surface area is 127 Å². The molecular formula is C10H9Cl2N3O6. The first kappa shape index (κ1) is 15.7. The van der Waals surface area contributed by atoms with E-state index >= 15 is 0 Å². The highest BCUT2D eigenvalue weighted by Crippen LogP contribution is 2.21. The summed E-state index contributed by atoms with van der Waals surface area (Å²) in [4.78, 5) is 22.0. The Morgan fingerprint density at radius 1 is 1.24 bits per heavy atom. The zero-order valence-corrected chi connectivity index (χ0v) is 11.7. The van der Waals surface area contributed by atoms with E-state index in [1.165, 1.54) is 0 Å². The first-order valence-electron chi connectivity index (χ1n) is 5.53. The second-order valence-electron chi connectivity index (χ2n) is 3.93. The molecular weight excluding hydrogens is 329 g/mol. The van der Waals surface area contributed by atoms with Gasteiger partial charge < -0.3 is 24.8 Å². The van der Waals surface area contributed by atoms with E-state index in [1.807, 2.05) is 0 Å². The molecule has 0 bridgehead atoms. The SMILES string of the molecule is O=C1OC(C(O)COCc2nc(Cl)nc(Cl)n2)C(O)=C1O. The smallest absolute Gasteiger partial charge is 0.377 e. The number of aromatic nitrogens is 3. The third-order valence-corrected chi connectivity index (χ3v) is 2.77. The van der Waals surface area contributed by atoms with Crippen LogP contribution in [0.25, 0.3) is 0 Å². The first-order chi connectivity index (χ1) is 9.88.